The number of rotatable bonds is 2. The van der Waals surface area contributed by atoms with E-state index in [1.54, 1.807) is 0 Å². The van der Waals surface area contributed by atoms with E-state index in [0.717, 1.165) is 31.5 Å². The van der Waals surface area contributed by atoms with E-state index >= 15 is 0 Å². The van der Waals surface area contributed by atoms with E-state index in [1.807, 2.05) is 18.2 Å². The first-order chi connectivity index (χ1) is 11.6. The summed E-state index contributed by atoms with van der Waals surface area (Å²) in [5.41, 5.74) is 2.18. The highest BCUT2D eigenvalue weighted by Gasteiger charge is 2.39. The number of anilines is 1. The van der Waals surface area contributed by atoms with Crippen LogP contribution in [0.3, 0.4) is 0 Å². The van der Waals surface area contributed by atoms with Crippen molar-refractivity contribution in [1.29, 1.82) is 0 Å². The molecule has 0 aliphatic carbocycles. The summed E-state index contributed by atoms with van der Waals surface area (Å²) in [6.07, 6.45) is 3.66. The molecule has 1 amide bonds. The lowest BCUT2D eigenvalue weighted by Gasteiger charge is -2.38. The second-order valence-electron chi connectivity index (χ2n) is 6.04. The summed E-state index contributed by atoms with van der Waals surface area (Å²) in [4.78, 5) is 14.7. The zero-order valence-corrected chi connectivity index (χ0v) is 14.8. The molecule has 4 rings (SSSR count). The van der Waals surface area contributed by atoms with Gasteiger partial charge < -0.3 is 19.7 Å². The predicted octanol–water partition coefficient (Wildman–Crippen LogP) is 2.52. The highest BCUT2D eigenvalue weighted by atomic mass is 32.2. The van der Waals surface area contributed by atoms with Crippen LogP contribution in [0.2, 0.25) is 0 Å². The first-order valence-electron chi connectivity index (χ1n) is 8.01. The summed E-state index contributed by atoms with van der Waals surface area (Å²) in [5.74, 6) is -0.459. The van der Waals surface area contributed by atoms with Crippen LogP contribution in [0.25, 0.3) is 6.08 Å². The average molecular weight is 362 g/mol. The molecular weight excluding hydrogens is 344 g/mol. The molecule has 0 bridgehead atoms. The number of thiocarbonyl (C=S) groups is 1. The van der Waals surface area contributed by atoms with Crippen LogP contribution in [0.5, 0.6) is 0 Å². The zero-order chi connectivity index (χ0) is 16.6. The summed E-state index contributed by atoms with van der Waals surface area (Å²) >= 11 is 6.31. The molecule has 0 aromatic heterocycles. The van der Waals surface area contributed by atoms with Gasteiger partial charge in [0.1, 0.15) is 4.32 Å². The second kappa shape index (κ2) is 6.48. The number of carbonyl (C=O) groups is 1. The number of hydrogen-bond donors (Lipinski definition) is 1. The van der Waals surface area contributed by atoms with Gasteiger partial charge in [0.05, 0.1) is 18.1 Å². The molecule has 0 saturated carbocycles. The molecule has 126 valence electrons. The van der Waals surface area contributed by atoms with Crippen LogP contribution in [0.1, 0.15) is 18.4 Å². The number of benzene rings is 1. The van der Waals surface area contributed by atoms with Crippen LogP contribution < -0.4 is 10.2 Å². The Bertz CT molecular complexity index is 686. The Kier molecular flexibility index (Phi) is 4.34. The van der Waals surface area contributed by atoms with Crippen molar-refractivity contribution in [2.75, 3.05) is 31.2 Å². The summed E-state index contributed by atoms with van der Waals surface area (Å²) in [6, 6.07) is 8.25. The first kappa shape index (κ1) is 16.1. The third-order valence-corrected chi connectivity index (χ3v) is 5.70. The summed E-state index contributed by atoms with van der Waals surface area (Å²) in [7, 11) is 0. The van der Waals surface area contributed by atoms with E-state index < -0.39 is 0 Å². The molecule has 3 aliphatic heterocycles. The van der Waals surface area contributed by atoms with Gasteiger partial charge in [-0.2, -0.15) is 0 Å². The normalized spacial score (nSPS) is 24.8. The van der Waals surface area contributed by atoms with Gasteiger partial charge in [-0.15, -0.1) is 0 Å². The minimum atomic E-state index is -0.341. The largest absolute Gasteiger partial charge is 0.371 e. The molecule has 7 heteroatoms. The number of thioether (sulfide) groups is 1. The quantitative estimate of drug-likeness (QED) is 0.644. The van der Waals surface area contributed by atoms with E-state index in [-0.39, 0.29) is 11.7 Å². The highest BCUT2D eigenvalue weighted by molar-refractivity contribution is 8.26. The highest BCUT2D eigenvalue weighted by Crippen LogP contribution is 2.33. The summed E-state index contributed by atoms with van der Waals surface area (Å²) in [5, 5.41) is 2.63. The van der Waals surface area contributed by atoms with E-state index in [9.17, 15) is 4.79 Å². The number of nitrogens with zero attached hydrogens (tertiary/aromatic N) is 1. The van der Waals surface area contributed by atoms with Crippen molar-refractivity contribution in [2.45, 2.75) is 18.6 Å². The molecule has 1 aromatic rings. The minimum absolute atomic E-state index is 0.119. The van der Waals surface area contributed by atoms with Crippen molar-refractivity contribution >= 4 is 46.0 Å². The Hall–Kier alpha value is -1.41. The maximum Gasteiger partial charge on any atom is 0.263 e. The molecule has 3 heterocycles. The van der Waals surface area contributed by atoms with E-state index in [4.69, 9.17) is 21.7 Å². The van der Waals surface area contributed by atoms with Crippen molar-refractivity contribution in [3.63, 3.8) is 0 Å². The standard InChI is InChI=1S/C17H18N2O3S2/c20-15-14(24-16(23)18-15)11-12-1-3-13(4-2-12)19-7-5-17(6-8-19)21-9-10-22-17/h1-4,11H,5-10H2,(H,18,20,23). The van der Waals surface area contributed by atoms with Crippen LogP contribution in [-0.4, -0.2) is 42.3 Å². The van der Waals surface area contributed by atoms with Crippen molar-refractivity contribution in [2.24, 2.45) is 0 Å². The third-order valence-electron chi connectivity index (χ3n) is 4.54. The fourth-order valence-electron chi connectivity index (χ4n) is 3.25. The van der Waals surface area contributed by atoms with Crippen molar-refractivity contribution in [3.8, 4) is 0 Å². The van der Waals surface area contributed by atoms with Gasteiger partial charge in [0.2, 0.25) is 0 Å². The molecule has 3 saturated heterocycles. The number of hydrogen-bond acceptors (Lipinski definition) is 6. The number of piperidine rings is 1. The van der Waals surface area contributed by atoms with Gasteiger partial charge in [-0.25, -0.2) is 0 Å². The van der Waals surface area contributed by atoms with Crippen molar-refractivity contribution < 1.29 is 14.3 Å². The number of amides is 1. The van der Waals surface area contributed by atoms with Crippen LogP contribution in [0, 0.1) is 0 Å². The van der Waals surface area contributed by atoms with Gasteiger partial charge in [-0.05, 0) is 23.8 Å². The Balaban J connectivity index is 1.42. The lowest BCUT2D eigenvalue weighted by Crippen LogP contribution is -2.45. The van der Waals surface area contributed by atoms with Gasteiger partial charge in [0.25, 0.3) is 5.91 Å². The number of nitrogens with one attached hydrogen (secondary N) is 1. The Morgan fingerprint density at radius 1 is 1.17 bits per heavy atom. The molecule has 1 aromatic carbocycles. The summed E-state index contributed by atoms with van der Waals surface area (Å²) in [6.45, 7) is 3.26. The lowest BCUT2D eigenvalue weighted by molar-refractivity contribution is -0.169. The first-order valence-corrected chi connectivity index (χ1v) is 9.24. The molecule has 5 nitrogen and oxygen atoms in total. The predicted molar refractivity (Wildman–Crippen MR) is 98.8 cm³/mol. The van der Waals surface area contributed by atoms with Crippen LogP contribution in [-0.2, 0) is 14.3 Å². The molecular formula is C17H18N2O3S2. The van der Waals surface area contributed by atoms with Gasteiger partial charge in [0.15, 0.2) is 5.79 Å². The SMILES string of the molecule is O=C1NC(=S)SC1=Cc1ccc(N2CCC3(CC2)OCCO3)cc1. The summed E-state index contributed by atoms with van der Waals surface area (Å²) < 4.78 is 12.1. The zero-order valence-electron chi connectivity index (χ0n) is 13.1. The maximum absolute atomic E-state index is 11.7. The van der Waals surface area contributed by atoms with Crippen LogP contribution >= 0.6 is 24.0 Å². The molecule has 0 radical (unpaired) electrons. The van der Waals surface area contributed by atoms with Crippen LogP contribution in [0.4, 0.5) is 5.69 Å². The third kappa shape index (κ3) is 3.21. The topological polar surface area (TPSA) is 50.8 Å². The van der Waals surface area contributed by atoms with E-state index in [2.05, 4.69) is 22.3 Å². The van der Waals surface area contributed by atoms with Crippen molar-refractivity contribution in [1.82, 2.24) is 5.32 Å². The Labute approximate surface area is 150 Å². The molecule has 1 N–H and O–H groups in total. The van der Waals surface area contributed by atoms with Crippen LogP contribution in [0.15, 0.2) is 29.2 Å². The minimum Gasteiger partial charge on any atom is -0.371 e. The molecule has 3 fully saturated rings. The molecule has 0 atom stereocenters. The smallest absolute Gasteiger partial charge is 0.263 e. The van der Waals surface area contributed by atoms with Crippen molar-refractivity contribution in [3.05, 3.63) is 34.7 Å². The number of carbonyl (C=O) groups excluding carboxylic acids is 1. The van der Waals surface area contributed by atoms with Gasteiger partial charge in [0, 0.05) is 31.6 Å². The molecule has 1 spiro atoms. The van der Waals surface area contributed by atoms with Gasteiger partial charge in [-0.1, -0.05) is 36.1 Å². The molecule has 3 aliphatic rings. The Morgan fingerprint density at radius 3 is 2.42 bits per heavy atom. The van der Waals surface area contributed by atoms with E-state index in [1.165, 1.54) is 17.4 Å². The van der Waals surface area contributed by atoms with E-state index in [0.29, 0.717) is 22.4 Å². The average Bonchev–Trinajstić information content (AvgIpc) is 3.16. The maximum atomic E-state index is 11.7. The monoisotopic (exact) mass is 362 g/mol. The lowest BCUT2D eigenvalue weighted by atomic mass is 10.0. The van der Waals surface area contributed by atoms with Gasteiger partial charge >= 0.3 is 0 Å². The van der Waals surface area contributed by atoms with Gasteiger partial charge in [-0.3, -0.25) is 4.79 Å². The number of ether oxygens (including phenoxy) is 2. The fourth-order valence-corrected chi connectivity index (χ4v) is 4.29. The molecule has 0 unspecified atom stereocenters. The fraction of sp³-hybridized carbons (Fsp3) is 0.412. The Morgan fingerprint density at radius 2 is 1.83 bits per heavy atom. The molecule has 24 heavy (non-hydrogen) atoms. The second-order valence-corrected chi connectivity index (χ2v) is 7.76.